The third-order valence-corrected chi connectivity index (χ3v) is 4.84. The minimum absolute atomic E-state index is 0.562. The highest BCUT2D eigenvalue weighted by Gasteiger charge is 2.26. The molecule has 0 amide bonds. The van der Waals surface area contributed by atoms with Crippen LogP contribution in [0.4, 0.5) is 0 Å². The number of thiophene rings is 1. The SMILES string of the molecule is CCCC(NC1CCN(C(C)C)C1)c1cccs1. The zero-order valence-electron chi connectivity index (χ0n) is 11.9. The summed E-state index contributed by atoms with van der Waals surface area (Å²) in [6.45, 7) is 9.33. The van der Waals surface area contributed by atoms with E-state index in [1.165, 1.54) is 37.2 Å². The Kier molecular flexibility index (Phi) is 5.22. The van der Waals surface area contributed by atoms with Gasteiger partial charge in [0, 0.05) is 29.5 Å². The number of nitrogens with zero attached hydrogens (tertiary/aromatic N) is 1. The molecule has 1 fully saturated rings. The van der Waals surface area contributed by atoms with Gasteiger partial charge in [0.1, 0.15) is 0 Å². The van der Waals surface area contributed by atoms with Crippen LogP contribution in [0, 0.1) is 0 Å². The van der Waals surface area contributed by atoms with Crippen molar-refractivity contribution < 1.29 is 0 Å². The minimum atomic E-state index is 0.562. The highest BCUT2D eigenvalue weighted by atomic mass is 32.1. The topological polar surface area (TPSA) is 15.3 Å². The maximum absolute atomic E-state index is 3.87. The predicted molar refractivity (Wildman–Crippen MR) is 80.2 cm³/mol. The van der Waals surface area contributed by atoms with Crippen molar-refractivity contribution in [3.8, 4) is 0 Å². The Hall–Kier alpha value is -0.380. The molecule has 1 N–H and O–H groups in total. The highest BCUT2D eigenvalue weighted by Crippen LogP contribution is 2.25. The standard InChI is InChI=1S/C15H26N2S/c1-4-6-14(15-7-5-10-18-15)16-13-8-9-17(11-13)12(2)3/h5,7,10,12-14,16H,4,6,8-9,11H2,1-3H3. The minimum Gasteiger partial charge on any atom is -0.305 e. The fraction of sp³-hybridized carbons (Fsp3) is 0.733. The Balaban J connectivity index is 1.90. The Labute approximate surface area is 115 Å². The van der Waals surface area contributed by atoms with Gasteiger partial charge in [-0.15, -0.1) is 11.3 Å². The van der Waals surface area contributed by atoms with Gasteiger partial charge >= 0.3 is 0 Å². The number of likely N-dealkylation sites (tertiary alicyclic amines) is 1. The normalized spacial score (nSPS) is 22.8. The lowest BCUT2D eigenvalue weighted by Gasteiger charge is -2.24. The first-order valence-corrected chi connectivity index (χ1v) is 8.12. The van der Waals surface area contributed by atoms with Gasteiger partial charge in [0.25, 0.3) is 0 Å². The molecule has 3 heteroatoms. The number of hydrogen-bond donors (Lipinski definition) is 1. The molecule has 18 heavy (non-hydrogen) atoms. The van der Waals surface area contributed by atoms with E-state index in [0.717, 1.165) is 0 Å². The summed E-state index contributed by atoms with van der Waals surface area (Å²) < 4.78 is 0. The maximum atomic E-state index is 3.87. The predicted octanol–water partition coefficient (Wildman–Crippen LogP) is 3.66. The molecule has 1 saturated heterocycles. The lowest BCUT2D eigenvalue weighted by atomic mass is 10.1. The molecule has 1 aromatic heterocycles. The van der Waals surface area contributed by atoms with E-state index in [4.69, 9.17) is 0 Å². The van der Waals surface area contributed by atoms with E-state index in [1.54, 1.807) is 0 Å². The molecule has 0 spiro atoms. The fourth-order valence-electron chi connectivity index (χ4n) is 2.76. The number of hydrogen-bond acceptors (Lipinski definition) is 3. The molecular weight excluding hydrogens is 240 g/mol. The average molecular weight is 266 g/mol. The fourth-order valence-corrected chi connectivity index (χ4v) is 3.58. The van der Waals surface area contributed by atoms with E-state index >= 15 is 0 Å². The van der Waals surface area contributed by atoms with Gasteiger partial charge < -0.3 is 5.32 Å². The van der Waals surface area contributed by atoms with Crippen molar-refractivity contribution in [3.05, 3.63) is 22.4 Å². The van der Waals surface area contributed by atoms with Crippen LogP contribution in [0.5, 0.6) is 0 Å². The zero-order chi connectivity index (χ0) is 13.0. The number of rotatable bonds is 6. The van der Waals surface area contributed by atoms with Crippen LogP contribution < -0.4 is 5.32 Å². The van der Waals surface area contributed by atoms with Crippen LogP contribution in [-0.2, 0) is 0 Å². The maximum Gasteiger partial charge on any atom is 0.0417 e. The Bertz CT molecular complexity index is 334. The van der Waals surface area contributed by atoms with E-state index in [2.05, 4.69) is 48.5 Å². The lowest BCUT2D eigenvalue weighted by Crippen LogP contribution is -2.37. The lowest BCUT2D eigenvalue weighted by molar-refractivity contribution is 0.264. The molecule has 0 radical (unpaired) electrons. The van der Waals surface area contributed by atoms with Crippen molar-refractivity contribution >= 4 is 11.3 Å². The summed E-state index contributed by atoms with van der Waals surface area (Å²) in [5.74, 6) is 0. The second-order valence-electron chi connectivity index (χ2n) is 5.60. The first-order valence-electron chi connectivity index (χ1n) is 7.24. The van der Waals surface area contributed by atoms with Gasteiger partial charge in [-0.1, -0.05) is 19.4 Å². The van der Waals surface area contributed by atoms with Crippen LogP contribution in [0.25, 0.3) is 0 Å². The van der Waals surface area contributed by atoms with E-state index in [1.807, 2.05) is 11.3 Å². The van der Waals surface area contributed by atoms with Gasteiger partial charge in [-0.3, -0.25) is 4.90 Å². The molecular formula is C15H26N2S. The van der Waals surface area contributed by atoms with Crippen LogP contribution in [0.2, 0.25) is 0 Å². The molecule has 2 atom stereocenters. The summed E-state index contributed by atoms with van der Waals surface area (Å²) in [4.78, 5) is 4.08. The van der Waals surface area contributed by atoms with Crippen molar-refractivity contribution in [2.75, 3.05) is 13.1 Å². The van der Waals surface area contributed by atoms with Crippen LogP contribution in [0.1, 0.15) is 51.0 Å². The highest BCUT2D eigenvalue weighted by molar-refractivity contribution is 7.10. The van der Waals surface area contributed by atoms with Gasteiger partial charge in [0.2, 0.25) is 0 Å². The van der Waals surface area contributed by atoms with Crippen LogP contribution in [0.3, 0.4) is 0 Å². The Morgan fingerprint density at radius 1 is 1.50 bits per heavy atom. The van der Waals surface area contributed by atoms with Crippen molar-refractivity contribution in [1.29, 1.82) is 0 Å². The van der Waals surface area contributed by atoms with Gasteiger partial charge in [-0.05, 0) is 44.7 Å². The zero-order valence-corrected chi connectivity index (χ0v) is 12.7. The molecule has 1 aliphatic heterocycles. The van der Waals surface area contributed by atoms with Crippen molar-refractivity contribution in [2.45, 2.75) is 58.2 Å². The van der Waals surface area contributed by atoms with Crippen LogP contribution in [0.15, 0.2) is 17.5 Å². The Morgan fingerprint density at radius 3 is 2.89 bits per heavy atom. The Morgan fingerprint density at radius 2 is 2.33 bits per heavy atom. The smallest absolute Gasteiger partial charge is 0.0417 e. The first kappa shape index (κ1) is 14.0. The molecule has 0 aromatic carbocycles. The molecule has 1 aromatic rings. The summed E-state index contributed by atoms with van der Waals surface area (Å²) in [6, 6.07) is 6.35. The summed E-state index contributed by atoms with van der Waals surface area (Å²) in [5, 5.41) is 6.06. The average Bonchev–Trinajstić information content (AvgIpc) is 2.99. The van der Waals surface area contributed by atoms with Gasteiger partial charge in [0.15, 0.2) is 0 Å². The van der Waals surface area contributed by atoms with Gasteiger partial charge in [-0.25, -0.2) is 0 Å². The third-order valence-electron chi connectivity index (χ3n) is 3.85. The first-order chi connectivity index (χ1) is 8.70. The van der Waals surface area contributed by atoms with Gasteiger partial charge in [-0.2, -0.15) is 0 Å². The molecule has 0 saturated carbocycles. The molecule has 0 bridgehead atoms. The van der Waals surface area contributed by atoms with E-state index < -0.39 is 0 Å². The number of nitrogens with one attached hydrogen (secondary N) is 1. The molecule has 2 heterocycles. The van der Waals surface area contributed by atoms with Crippen LogP contribution >= 0.6 is 11.3 Å². The quantitative estimate of drug-likeness (QED) is 0.845. The van der Waals surface area contributed by atoms with E-state index in [-0.39, 0.29) is 0 Å². The van der Waals surface area contributed by atoms with E-state index in [0.29, 0.717) is 18.1 Å². The molecule has 2 unspecified atom stereocenters. The monoisotopic (exact) mass is 266 g/mol. The summed E-state index contributed by atoms with van der Waals surface area (Å²) in [6.07, 6.45) is 3.79. The summed E-state index contributed by atoms with van der Waals surface area (Å²) in [7, 11) is 0. The summed E-state index contributed by atoms with van der Waals surface area (Å²) in [5.41, 5.74) is 0. The third kappa shape index (κ3) is 3.56. The molecule has 2 rings (SSSR count). The van der Waals surface area contributed by atoms with Crippen molar-refractivity contribution in [2.24, 2.45) is 0 Å². The van der Waals surface area contributed by atoms with Crippen molar-refractivity contribution in [3.63, 3.8) is 0 Å². The second kappa shape index (κ2) is 6.69. The second-order valence-corrected chi connectivity index (χ2v) is 6.58. The van der Waals surface area contributed by atoms with Crippen molar-refractivity contribution in [1.82, 2.24) is 10.2 Å². The van der Waals surface area contributed by atoms with Gasteiger partial charge in [0.05, 0.1) is 0 Å². The molecule has 0 aliphatic carbocycles. The summed E-state index contributed by atoms with van der Waals surface area (Å²) >= 11 is 1.89. The molecule has 1 aliphatic rings. The van der Waals surface area contributed by atoms with E-state index in [9.17, 15) is 0 Å². The molecule has 2 nitrogen and oxygen atoms in total. The molecule has 102 valence electrons. The van der Waals surface area contributed by atoms with Crippen LogP contribution in [-0.4, -0.2) is 30.1 Å². The largest absolute Gasteiger partial charge is 0.305 e.